The van der Waals surface area contributed by atoms with Crippen molar-refractivity contribution in [2.75, 3.05) is 9.80 Å². The number of aromatic nitrogens is 2. The van der Waals surface area contributed by atoms with Crippen molar-refractivity contribution in [3.05, 3.63) is 79.5 Å². The Bertz CT molecular complexity index is 873. The van der Waals surface area contributed by atoms with Crippen LogP contribution in [-0.4, -0.2) is 9.97 Å². The van der Waals surface area contributed by atoms with Gasteiger partial charge in [0.2, 0.25) is 0 Å². The van der Waals surface area contributed by atoms with Gasteiger partial charge in [0.1, 0.15) is 5.82 Å². The van der Waals surface area contributed by atoms with E-state index >= 15 is 0 Å². The van der Waals surface area contributed by atoms with Crippen LogP contribution in [0.3, 0.4) is 0 Å². The zero-order valence-corrected chi connectivity index (χ0v) is 17.4. The van der Waals surface area contributed by atoms with Crippen LogP contribution in [0.15, 0.2) is 60.9 Å². The van der Waals surface area contributed by atoms with E-state index in [9.17, 15) is 0 Å². The molecule has 1 aliphatic rings. The van der Waals surface area contributed by atoms with E-state index in [1.165, 1.54) is 0 Å². The molecule has 4 nitrogen and oxygen atoms in total. The molecule has 4 rings (SSSR count). The minimum atomic E-state index is -0.0593. The zero-order chi connectivity index (χ0) is 17.4. The van der Waals surface area contributed by atoms with Crippen LogP contribution in [0.25, 0.3) is 0 Å². The average molecular weight is 521 g/mol. The third-order valence-corrected chi connectivity index (χ3v) is 4.17. The molecule has 0 fully saturated rings. The Balaban J connectivity index is 0.00000196. The number of anilines is 4. The van der Waals surface area contributed by atoms with Gasteiger partial charge in [0.15, 0.2) is 0 Å². The molecule has 135 valence electrons. The number of rotatable bonds is 2. The third-order valence-electron chi connectivity index (χ3n) is 4.17. The molecule has 0 bridgehead atoms. The van der Waals surface area contributed by atoms with Crippen molar-refractivity contribution in [2.24, 2.45) is 0 Å². The smallest absolute Gasteiger partial charge is 0.133 e. The molecule has 0 saturated carbocycles. The minimum Gasteiger partial charge on any atom is -0.493 e. The molecule has 1 aromatic heterocycles. The molecule has 0 saturated heterocycles. The summed E-state index contributed by atoms with van der Waals surface area (Å²) in [6.07, 6.45) is 3.78. The van der Waals surface area contributed by atoms with Gasteiger partial charge in [-0.2, -0.15) is 30.3 Å². The van der Waals surface area contributed by atoms with E-state index in [0.29, 0.717) is 0 Å². The maximum Gasteiger partial charge on any atom is 0.133 e. The van der Waals surface area contributed by atoms with Crippen molar-refractivity contribution in [3.8, 4) is 0 Å². The van der Waals surface area contributed by atoms with Gasteiger partial charge in [-0.25, -0.2) is 9.97 Å². The van der Waals surface area contributed by atoms with E-state index in [2.05, 4.69) is 71.5 Å². The molecule has 0 spiro atoms. The van der Waals surface area contributed by atoms with Crippen LogP contribution < -0.4 is 9.80 Å². The second-order valence-electron chi connectivity index (χ2n) is 7.11. The number of nitrogens with zero attached hydrogens (tertiary/aromatic N) is 4. The summed E-state index contributed by atoms with van der Waals surface area (Å²) in [5.41, 5.74) is 4.11. The van der Waals surface area contributed by atoms with Crippen LogP contribution in [0.2, 0.25) is 0 Å². The van der Waals surface area contributed by atoms with Crippen LogP contribution in [0.1, 0.15) is 26.6 Å². The average Bonchev–Trinajstić information content (AvgIpc) is 3.02. The van der Waals surface area contributed by atoms with Gasteiger partial charge in [-0.05, 0) is 12.1 Å². The van der Waals surface area contributed by atoms with Crippen LogP contribution in [-0.2, 0) is 25.5 Å². The van der Waals surface area contributed by atoms with Crippen molar-refractivity contribution in [1.29, 1.82) is 0 Å². The molecule has 0 amide bonds. The Hall–Kier alpha value is -2.23. The fourth-order valence-electron chi connectivity index (χ4n) is 2.88. The van der Waals surface area contributed by atoms with Crippen molar-refractivity contribution >= 4 is 22.7 Å². The third kappa shape index (κ3) is 3.37. The van der Waals surface area contributed by atoms with Gasteiger partial charge >= 0.3 is 0 Å². The summed E-state index contributed by atoms with van der Waals surface area (Å²) >= 11 is 0. The molecule has 0 atom stereocenters. The first-order chi connectivity index (χ1) is 12.0. The summed E-state index contributed by atoms with van der Waals surface area (Å²) in [5, 5.41) is 0. The fraction of sp³-hybridized carbons (Fsp3) is 0.190. The fourth-order valence-corrected chi connectivity index (χ4v) is 2.88. The molecule has 26 heavy (non-hydrogen) atoms. The first-order valence-electron chi connectivity index (χ1n) is 8.36. The van der Waals surface area contributed by atoms with Gasteiger partial charge < -0.3 is 9.80 Å². The molecule has 2 heterocycles. The molecule has 0 unspecified atom stereocenters. The summed E-state index contributed by atoms with van der Waals surface area (Å²) < 4.78 is 0. The second kappa shape index (κ2) is 7.18. The Morgan fingerprint density at radius 1 is 0.885 bits per heavy atom. The van der Waals surface area contributed by atoms with Crippen LogP contribution >= 0.6 is 0 Å². The van der Waals surface area contributed by atoms with Crippen LogP contribution in [0.5, 0.6) is 0 Å². The Kier molecular flexibility index (Phi) is 5.12. The normalized spacial score (nSPS) is 13.3. The van der Waals surface area contributed by atoms with Crippen molar-refractivity contribution < 1.29 is 20.1 Å². The quantitative estimate of drug-likeness (QED) is 0.446. The van der Waals surface area contributed by atoms with Crippen LogP contribution in [0, 0.1) is 12.7 Å². The van der Waals surface area contributed by atoms with E-state index in [1.807, 2.05) is 42.7 Å². The van der Waals surface area contributed by atoms with E-state index in [4.69, 9.17) is 0 Å². The Morgan fingerprint density at radius 2 is 1.50 bits per heavy atom. The molecule has 2 aromatic carbocycles. The minimum absolute atomic E-state index is 0. The molecule has 3 aromatic rings. The van der Waals surface area contributed by atoms with Gasteiger partial charge in [-0.15, -0.1) is 12.4 Å². The second-order valence-corrected chi connectivity index (χ2v) is 7.11. The number of hydrogen-bond acceptors (Lipinski definition) is 4. The summed E-state index contributed by atoms with van der Waals surface area (Å²) in [4.78, 5) is 13.4. The molecule has 0 aliphatic carbocycles. The number of benzene rings is 2. The number of hydrogen-bond donors (Lipinski definition) is 0. The van der Waals surface area contributed by atoms with Crippen molar-refractivity contribution in [2.45, 2.75) is 26.2 Å². The van der Waals surface area contributed by atoms with Gasteiger partial charge in [0, 0.05) is 36.9 Å². The molecule has 1 radical (unpaired) electrons. The molecule has 5 heteroatoms. The first kappa shape index (κ1) is 18.6. The summed E-state index contributed by atoms with van der Waals surface area (Å²) in [5.74, 6) is 0.844. The van der Waals surface area contributed by atoms with Gasteiger partial charge in [-0.1, -0.05) is 32.9 Å². The van der Waals surface area contributed by atoms with Gasteiger partial charge in [-0.3, -0.25) is 0 Å². The SMILES string of the molecule is CC(C)(C)c1ncc(N2[CH-]N(c3[c-]cccc3)c3ccccc32)cn1.[Ir]. The van der Waals surface area contributed by atoms with Crippen molar-refractivity contribution in [1.82, 2.24) is 9.97 Å². The summed E-state index contributed by atoms with van der Waals surface area (Å²) in [6, 6.07) is 19.6. The van der Waals surface area contributed by atoms with Gasteiger partial charge in [0.25, 0.3) is 0 Å². The van der Waals surface area contributed by atoms with E-state index in [0.717, 1.165) is 28.6 Å². The monoisotopic (exact) mass is 521 g/mol. The predicted molar refractivity (Wildman–Crippen MR) is 101 cm³/mol. The Labute approximate surface area is 168 Å². The predicted octanol–water partition coefficient (Wildman–Crippen LogP) is 4.98. The standard InChI is InChI=1S/C21H20N4.Ir/c1-21(2,3)20-22-13-17(14-23-20)25-15-24(16-9-5-4-6-10-16)18-11-7-8-12-19(18)25;/h4-9,11-15H,1-3H3;/q-2;. The first-order valence-corrected chi connectivity index (χ1v) is 8.36. The van der Waals surface area contributed by atoms with E-state index in [1.54, 1.807) is 0 Å². The topological polar surface area (TPSA) is 32.3 Å². The Morgan fingerprint density at radius 3 is 2.08 bits per heavy atom. The maximum absolute atomic E-state index is 4.57. The molecular formula is C21H20IrN4-2. The molecule has 0 N–H and O–H groups in total. The summed E-state index contributed by atoms with van der Waals surface area (Å²) in [6.45, 7) is 8.41. The van der Waals surface area contributed by atoms with E-state index in [-0.39, 0.29) is 25.5 Å². The van der Waals surface area contributed by atoms with Gasteiger partial charge in [0.05, 0.1) is 18.1 Å². The molecule has 1 aliphatic heterocycles. The van der Waals surface area contributed by atoms with E-state index < -0.39 is 0 Å². The maximum atomic E-state index is 4.57. The largest absolute Gasteiger partial charge is 0.493 e. The zero-order valence-electron chi connectivity index (χ0n) is 15.0. The molecular weight excluding hydrogens is 500 g/mol. The number of fused-ring (bicyclic) bond motifs is 1. The van der Waals surface area contributed by atoms with Crippen LogP contribution in [0.4, 0.5) is 22.7 Å². The summed E-state index contributed by atoms with van der Waals surface area (Å²) in [7, 11) is 0. The number of para-hydroxylation sites is 3. The van der Waals surface area contributed by atoms with Crippen molar-refractivity contribution in [3.63, 3.8) is 0 Å².